The summed E-state index contributed by atoms with van der Waals surface area (Å²) in [4.78, 5) is 0. The molecule has 1 saturated carbocycles. The molecule has 1 aromatic carbocycles. The van der Waals surface area contributed by atoms with E-state index in [1.165, 1.54) is 18.4 Å². The lowest BCUT2D eigenvalue weighted by molar-refractivity contribution is 0.163. The molecular weight excluding hydrogens is 262 g/mol. The van der Waals surface area contributed by atoms with Crippen molar-refractivity contribution in [1.29, 1.82) is 0 Å². The smallest absolute Gasteiger partial charge is 0.0914 e. The van der Waals surface area contributed by atoms with Crippen LogP contribution in [0, 0.1) is 11.8 Å². The third kappa shape index (κ3) is 4.53. The average molecular weight is 291 g/mol. The second-order valence-corrected chi connectivity index (χ2v) is 6.63. The summed E-state index contributed by atoms with van der Waals surface area (Å²) in [5.41, 5.74) is 2.27. The first-order valence-corrected chi connectivity index (χ1v) is 8.21. The third-order valence-electron chi connectivity index (χ3n) is 4.78. The van der Waals surface area contributed by atoms with Crippen LogP contribution in [0.25, 0.3) is 0 Å². The summed E-state index contributed by atoms with van der Waals surface area (Å²) in [5, 5.41) is 22.9. The molecule has 3 heteroatoms. The highest BCUT2D eigenvalue weighted by molar-refractivity contribution is 5.26. The van der Waals surface area contributed by atoms with Crippen molar-refractivity contribution in [3.63, 3.8) is 0 Å². The number of aliphatic hydroxyl groups is 2. The number of hydrogen-bond donors (Lipinski definition) is 3. The van der Waals surface area contributed by atoms with Crippen LogP contribution in [0.4, 0.5) is 0 Å². The van der Waals surface area contributed by atoms with Crippen molar-refractivity contribution < 1.29 is 10.2 Å². The van der Waals surface area contributed by atoms with Crippen LogP contribution in [-0.2, 0) is 0 Å². The van der Waals surface area contributed by atoms with E-state index in [-0.39, 0.29) is 0 Å². The van der Waals surface area contributed by atoms with Gasteiger partial charge in [0, 0.05) is 13.2 Å². The first kappa shape index (κ1) is 16.5. The molecule has 0 aliphatic heterocycles. The molecule has 1 aromatic rings. The van der Waals surface area contributed by atoms with Gasteiger partial charge in [-0.3, -0.25) is 0 Å². The highest BCUT2D eigenvalue weighted by atomic mass is 16.3. The molecule has 3 unspecified atom stereocenters. The predicted octanol–water partition coefficient (Wildman–Crippen LogP) is 2.84. The molecule has 2 rings (SSSR count). The summed E-state index contributed by atoms with van der Waals surface area (Å²) in [7, 11) is 0. The van der Waals surface area contributed by atoms with Crippen LogP contribution in [0.2, 0.25) is 0 Å². The molecule has 1 aliphatic rings. The Bertz CT molecular complexity index is 416. The Kier molecular flexibility index (Phi) is 6.22. The van der Waals surface area contributed by atoms with Crippen LogP contribution in [0.1, 0.15) is 56.3 Å². The fraction of sp³-hybridized carbons (Fsp3) is 0.667. The zero-order valence-corrected chi connectivity index (χ0v) is 13.3. The van der Waals surface area contributed by atoms with E-state index in [1.54, 1.807) is 0 Å². The zero-order valence-electron chi connectivity index (χ0n) is 13.3. The lowest BCUT2D eigenvalue weighted by Crippen LogP contribution is -2.30. The highest BCUT2D eigenvalue weighted by Crippen LogP contribution is 2.30. The van der Waals surface area contributed by atoms with Gasteiger partial charge < -0.3 is 15.5 Å². The standard InChI is InChI=1S/C18H29NO2/c1-13(2)14-6-8-15(9-7-14)18(21)11-19-10-16-4-3-5-17(16)12-20/h6-9,13,16-21H,3-5,10-12H2,1-2H3. The zero-order chi connectivity index (χ0) is 15.2. The van der Waals surface area contributed by atoms with Gasteiger partial charge in [-0.25, -0.2) is 0 Å². The van der Waals surface area contributed by atoms with Crippen LogP contribution in [0.5, 0.6) is 0 Å². The van der Waals surface area contributed by atoms with Crippen LogP contribution in [0.3, 0.4) is 0 Å². The topological polar surface area (TPSA) is 52.5 Å². The van der Waals surface area contributed by atoms with Crippen molar-refractivity contribution in [1.82, 2.24) is 5.32 Å². The molecule has 0 radical (unpaired) electrons. The molecule has 3 atom stereocenters. The maximum Gasteiger partial charge on any atom is 0.0914 e. The molecule has 1 fully saturated rings. The molecule has 3 N–H and O–H groups in total. The van der Waals surface area contributed by atoms with E-state index in [4.69, 9.17) is 0 Å². The summed E-state index contributed by atoms with van der Waals surface area (Å²) < 4.78 is 0. The lowest BCUT2D eigenvalue weighted by Gasteiger charge is -2.19. The van der Waals surface area contributed by atoms with Crippen molar-refractivity contribution in [2.45, 2.75) is 45.1 Å². The minimum absolute atomic E-state index is 0.297. The number of hydrogen-bond acceptors (Lipinski definition) is 3. The second kappa shape index (κ2) is 7.92. The van der Waals surface area contributed by atoms with Crippen molar-refractivity contribution in [3.8, 4) is 0 Å². The Morgan fingerprint density at radius 2 is 1.71 bits per heavy atom. The summed E-state index contributed by atoms with van der Waals surface area (Å²) in [5.74, 6) is 1.53. The minimum Gasteiger partial charge on any atom is -0.396 e. The Morgan fingerprint density at radius 1 is 1.10 bits per heavy atom. The summed E-state index contributed by atoms with van der Waals surface area (Å²) in [6, 6.07) is 8.24. The van der Waals surface area contributed by atoms with Gasteiger partial charge in [0.05, 0.1) is 6.10 Å². The van der Waals surface area contributed by atoms with E-state index in [9.17, 15) is 10.2 Å². The van der Waals surface area contributed by atoms with Crippen molar-refractivity contribution in [2.75, 3.05) is 19.7 Å². The molecule has 3 nitrogen and oxygen atoms in total. The van der Waals surface area contributed by atoms with Gasteiger partial charge in [-0.15, -0.1) is 0 Å². The average Bonchev–Trinajstić information content (AvgIpc) is 2.94. The largest absolute Gasteiger partial charge is 0.396 e. The quantitative estimate of drug-likeness (QED) is 0.724. The van der Waals surface area contributed by atoms with Crippen LogP contribution < -0.4 is 5.32 Å². The van der Waals surface area contributed by atoms with Gasteiger partial charge >= 0.3 is 0 Å². The van der Waals surface area contributed by atoms with Gasteiger partial charge in [0.15, 0.2) is 0 Å². The monoisotopic (exact) mass is 291 g/mol. The first-order valence-electron chi connectivity index (χ1n) is 8.21. The van der Waals surface area contributed by atoms with Gasteiger partial charge in [-0.05, 0) is 48.3 Å². The Hall–Kier alpha value is -0.900. The Labute approximate surface area is 128 Å². The van der Waals surface area contributed by atoms with Gasteiger partial charge in [0.25, 0.3) is 0 Å². The Balaban J connectivity index is 1.77. The van der Waals surface area contributed by atoms with Gasteiger partial charge in [0.2, 0.25) is 0 Å². The molecule has 0 amide bonds. The molecule has 21 heavy (non-hydrogen) atoms. The van der Waals surface area contributed by atoms with Crippen molar-refractivity contribution >= 4 is 0 Å². The molecule has 0 aromatic heterocycles. The van der Waals surface area contributed by atoms with Crippen LogP contribution in [0.15, 0.2) is 24.3 Å². The molecule has 1 aliphatic carbocycles. The lowest BCUT2D eigenvalue weighted by atomic mass is 9.96. The SMILES string of the molecule is CC(C)c1ccc(C(O)CNCC2CCCC2CO)cc1. The number of aliphatic hydroxyl groups excluding tert-OH is 2. The summed E-state index contributed by atoms with van der Waals surface area (Å²) in [6.45, 7) is 6.12. The van der Waals surface area contributed by atoms with E-state index in [0.717, 1.165) is 18.5 Å². The molecule has 0 heterocycles. The predicted molar refractivity (Wildman–Crippen MR) is 86.3 cm³/mol. The summed E-state index contributed by atoms with van der Waals surface area (Å²) >= 11 is 0. The van der Waals surface area contributed by atoms with E-state index in [2.05, 4.69) is 31.3 Å². The van der Waals surface area contributed by atoms with Crippen molar-refractivity contribution in [3.05, 3.63) is 35.4 Å². The Morgan fingerprint density at radius 3 is 2.33 bits per heavy atom. The maximum atomic E-state index is 10.2. The first-order chi connectivity index (χ1) is 10.1. The van der Waals surface area contributed by atoms with E-state index < -0.39 is 6.10 Å². The molecule has 0 bridgehead atoms. The van der Waals surface area contributed by atoms with Crippen LogP contribution in [-0.4, -0.2) is 29.9 Å². The van der Waals surface area contributed by atoms with Gasteiger partial charge in [0.1, 0.15) is 0 Å². The second-order valence-electron chi connectivity index (χ2n) is 6.63. The van der Waals surface area contributed by atoms with Crippen LogP contribution >= 0.6 is 0 Å². The molecule has 118 valence electrons. The fourth-order valence-electron chi connectivity index (χ4n) is 3.25. The number of benzene rings is 1. The van der Waals surface area contributed by atoms with Gasteiger partial charge in [-0.2, -0.15) is 0 Å². The highest BCUT2D eigenvalue weighted by Gasteiger charge is 2.26. The maximum absolute atomic E-state index is 10.2. The molecular formula is C18H29NO2. The normalized spacial score (nSPS) is 23.7. The fourth-order valence-corrected chi connectivity index (χ4v) is 3.25. The minimum atomic E-state index is -0.458. The van der Waals surface area contributed by atoms with Gasteiger partial charge in [-0.1, -0.05) is 44.5 Å². The van der Waals surface area contributed by atoms with E-state index in [1.807, 2.05) is 12.1 Å². The van der Waals surface area contributed by atoms with Crippen molar-refractivity contribution in [2.24, 2.45) is 11.8 Å². The number of nitrogens with one attached hydrogen (secondary N) is 1. The summed E-state index contributed by atoms with van der Waals surface area (Å²) in [6.07, 6.45) is 3.09. The third-order valence-corrected chi connectivity index (χ3v) is 4.78. The molecule has 0 saturated heterocycles. The van der Waals surface area contributed by atoms with E-state index >= 15 is 0 Å². The van der Waals surface area contributed by atoms with E-state index in [0.29, 0.717) is 30.9 Å². The number of rotatable bonds is 7. The molecule has 0 spiro atoms.